The Balaban J connectivity index is 1.61. The lowest BCUT2D eigenvalue weighted by molar-refractivity contribution is -0.113. The van der Waals surface area contributed by atoms with Gasteiger partial charge in [0.1, 0.15) is 0 Å². The number of aryl methyl sites for hydroxylation is 1. The van der Waals surface area contributed by atoms with Crippen LogP contribution in [0.2, 0.25) is 5.02 Å². The Kier molecular flexibility index (Phi) is 6.58. The average molecular weight is 520 g/mol. The zero-order chi connectivity index (χ0) is 21.1. The van der Waals surface area contributed by atoms with Gasteiger partial charge in [0.25, 0.3) is 0 Å². The van der Waals surface area contributed by atoms with Crippen molar-refractivity contribution < 1.29 is 4.79 Å². The third-order valence-electron chi connectivity index (χ3n) is 4.15. The molecule has 0 bridgehead atoms. The lowest BCUT2D eigenvalue weighted by Crippen LogP contribution is -2.14. The van der Waals surface area contributed by atoms with Crippen LogP contribution in [0.5, 0.6) is 0 Å². The fourth-order valence-electron chi connectivity index (χ4n) is 2.80. The Morgan fingerprint density at radius 3 is 2.60 bits per heavy atom. The molecule has 4 aromatic rings. The SMILES string of the molecule is Cc1csc(NC(=O)CSc2ncc(-c3ccc(Br)cc3)n2-c2ccc(Cl)cc2)n1. The normalized spacial score (nSPS) is 10.9. The van der Waals surface area contributed by atoms with E-state index in [1.54, 1.807) is 0 Å². The van der Waals surface area contributed by atoms with E-state index in [9.17, 15) is 4.79 Å². The zero-order valence-electron chi connectivity index (χ0n) is 15.8. The van der Waals surface area contributed by atoms with E-state index >= 15 is 0 Å². The van der Waals surface area contributed by atoms with Gasteiger partial charge in [0.15, 0.2) is 10.3 Å². The largest absolute Gasteiger partial charge is 0.301 e. The van der Waals surface area contributed by atoms with Crippen molar-refractivity contribution >= 4 is 61.7 Å². The van der Waals surface area contributed by atoms with E-state index in [4.69, 9.17) is 11.6 Å². The molecule has 5 nitrogen and oxygen atoms in total. The summed E-state index contributed by atoms with van der Waals surface area (Å²) in [5, 5.41) is 6.73. The minimum Gasteiger partial charge on any atom is -0.301 e. The fourth-order valence-corrected chi connectivity index (χ4v) is 4.68. The minimum absolute atomic E-state index is 0.120. The van der Waals surface area contributed by atoms with Crippen LogP contribution in [0, 0.1) is 6.92 Å². The fraction of sp³-hybridized carbons (Fsp3) is 0.0952. The number of nitrogens with zero attached hydrogens (tertiary/aromatic N) is 3. The molecule has 0 aliphatic rings. The molecule has 30 heavy (non-hydrogen) atoms. The maximum absolute atomic E-state index is 12.4. The summed E-state index contributed by atoms with van der Waals surface area (Å²) in [6.45, 7) is 1.90. The second-order valence-electron chi connectivity index (χ2n) is 6.38. The van der Waals surface area contributed by atoms with E-state index in [0.29, 0.717) is 10.2 Å². The van der Waals surface area contributed by atoms with Crippen LogP contribution >= 0.6 is 50.6 Å². The first-order valence-electron chi connectivity index (χ1n) is 8.94. The van der Waals surface area contributed by atoms with Crippen LogP contribution < -0.4 is 5.32 Å². The maximum Gasteiger partial charge on any atom is 0.236 e. The summed E-state index contributed by atoms with van der Waals surface area (Å²) in [5.41, 5.74) is 3.77. The smallest absolute Gasteiger partial charge is 0.236 e. The number of amides is 1. The van der Waals surface area contributed by atoms with Gasteiger partial charge >= 0.3 is 0 Å². The van der Waals surface area contributed by atoms with Crippen LogP contribution in [0.4, 0.5) is 5.13 Å². The third-order valence-corrected chi connectivity index (χ3v) is 6.76. The number of thiazole rings is 1. The molecule has 2 aromatic heterocycles. The number of halogens is 2. The Bertz CT molecular complexity index is 1170. The van der Waals surface area contributed by atoms with Gasteiger partial charge in [0.05, 0.1) is 23.3 Å². The van der Waals surface area contributed by atoms with E-state index in [1.807, 2.05) is 71.6 Å². The van der Waals surface area contributed by atoms with Crippen molar-refractivity contribution in [2.75, 3.05) is 11.1 Å². The number of carbonyl (C=O) groups is 1. The van der Waals surface area contributed by atoms with E-state index in [0.717, 1.165) is 32.3 Å². The number of thioether (sulfide) groups is 1. The van der Waals surface area contributed by atoms with Crippen LogP contribution in [0.25, 0.3) is 16.9 Å². The second-order valence-corrected chi connectivity index (χ2v) is 9.53. The molecule has 0 aliphatic carbocycles. The van der Waals surface area contributed by atoms with Crippen molar-refractivity contribution in [3.63, 3.8) is 0 Å². The van der Waals surface area contributed by atoms with Gasteiger partial charge in [-0.05, 0) is 43.3 Å². The standard InChI is InChI=1S/C21H16BrClN4OS2/c1-13-11-29-20(25-13)26-19(28)12-30-21-24-10-18(14-2-4-15(22)5-3-14)27(21)17-8-6-16(23)7-9-17/h2-11H,12H2,1H3,(H,25,26,28). The summed E-state index contributed by atoms with van der Waals surface area (Å²) in [4.78, 5) is 21.2. The van der Waals surface area contributed by atoms with Crippen LogP contribution in [0.3, 0.4) is 0 Å². The summed E-state index contributed by atoms with van der Waals surface area (Å²) in [6, 6.07) is 15.6. The van der Waals surface area contributed by atoms with Crippen LogP contribution in [-0.4, -0.2) is 26.2 Å². The summed E-state index contributed by atoms with van der Waals surface area (Å²) in [5.74, 6) is 0.105. The molecule has 0 radical (unpaired) electrons. The highest BCUT2D eigenvalue weighted by Crippen LogP contribution is 2.31. The van der Waals surface area contributed by atoms with E-state index in [2.05, 4.69) is 31.2 Å². The van der Waals surface area contributed by atoms with Gasteiger partial charge in [0, 0.05) is 26.1 Å². The molecule has 2 aromatic carbocycles. The minimum atomic E-state index is -0.120. The third kappa shape index (κ3) is 4.95. The molecule has 0 atom stereocenters. The lowest BCUT2D eigenvalue weighted by atomic mass is 10.1. The van der Waals surface area contributed by atoms with Gasteiger partial charge in [-0.15, -0.1) is 11.3 Å². The van der Waals surface area contributed by atoms with Gasteiger partial charge in [-0.1, -0.05) is 51.4 Å². The zero-order valence-corrected chi connectivity index (χ0v) is 19.8. The number of carbonyl (C=O) groups excluding carboxylic acids is 1. The molecule has 0 spiro atoms. The molecule has 0 fully saturated rings. The Hall–Kier alpha value is -2.13. The predicted octanol–water partition coefficient (Wildman–Crippen LogP) is 6.45. The molecule has 0 saturated heterocycles. The van der Waals surface area contributed by atoms with Gasteiger partial charge in [-0.2, -0.15) is 0 Å². The topological polar surface area (TPSA) is 59.8 Å². The lowest BCUT2D eigenvalue weighted by Gasteiger charge is -2.12. The Morgan fingerprint density at radius 1 is 1.20 bits per heavy atom. The summed E-state index contributed by atoms with van der Waals surface area (Å²) >= 11 is 12.3. The summed E-state index contributed by atoms with van der Waals surface area (Å²) in [6.07, 6.45) is 1.82. The number of imidazole rings is 1. The number of rotatable bonds is 6. The van der Waals surface area contributed by atoms with E-state index in [-0.39, 0.29) is 11.7 Å². The van der Waals surface area contributed by atoms with Gasteiger partial charge in [0.2, 0.25) is 5.91 Å². The highest BCUT2D eigenvalue weighted by Gasteiger charge is 2.16. The highest BCUT2D eigenvalue weighted by atomic mass is 79.9. The van der Waals surface area contributed by atoms with Crippen LogP contribution in [-0.2, 0) is 4.79 Å². The van der Waals surface area contributed by atoms with E-state index in [1.165, 1.54) is 23.1 Å². The molecule has 9 heteroatoms. The molecule has 152 valence electrons. The van der Waals surface area contributed by atoms with Crippen molar-refractivity contribution in [2.24, 2.45) is 0 Å². The Morgan fingerprint density at radius 2 is 1.93 bits per heavy atom. The molecular weight excluding hydrogens is 504 g/mol. The molecule has 2 heterocycles. The second kappa shape index (κ2) is 9.34. The van der Waals surface area contributed by atoms with Crippen molar-refractivity contribution in [1.82, 2.24) is 14.5 Å². The van der Waals surface area contributed by atoms with Crippen molar-refractivity contribution in [1.29, 1.82) is 0 Å². The molecule has 1 amide bonds. The highest BCUT2D eigenvalue weighted by molar-refractivity contribution is 9.10. The Labute approximate surface area is 195 Å². The monoisotopic (exact) mass is 518 g/mol. The van der Waals surface area contributed by atoms with Crippen LogP contribution in [0.15, 0.2) is 69.7 Å². The first-order chi connectivity index (χ1) is 14.5. The molecule has 4 rings (SSSR count). The molecule has 0 saturated carbocycles. The summed E-state index contributed by atoms with van der Waals surface area (Å²) in [7, 11) is 0. The van der Waals surface area contributed by atoms with Gasteiger partial charge in [-0.3, -0.25) is 9.36 Å². The predicted molar refractivity (Wildman–Crippen MR) is 128 cm³/mol. The number of benzene rings is 2. The average Bonchev–Trinajstić information content (AvgIpc) is 3.34. The molecular formula is C21H16BrClN4OS2. The van der Waals surface area contributed by atoms with Crippen molar-refractivity contribution in [3.8, 4) is 16.9 Å². The van der Waals surface area contributed by atoms with Crippen molar-refractivity contribution in [2.45, 2.75) is 12.1 Å². The van der Waals surface area contributed by atoms with E-state index < -0.39 is 0 Å². The molecule has 1 N–H and O–H groups in total. The molecule has 0 unspecified atom stereocenters. The number of aromatic nitrogens is 3. The summed E-state index contributed by atoms with van der Waals surface area (Å²) < 4.78 is 3.04. The van der Waals surface area contributed by atoms with Gasteiger partial charge < -0.3 is 5.32 Å². The number of hydrogen-bond donors (Lipinski definition) is 1. The number of hydrogen-bond acceptors (Lipinski definition) is 5. The number of nitrogens with one attached hydrogen (secondary N) is 1. The molecule has 0 aliphatic heterocycles. The van der Waals surface area contributed by atoms with Crippen LogP contribution in [0.1, 0.15) is 5.69 Å². The maximum atomic E-state index is 12.4. The quantitative estimate of drug-likeness (QED) is 0.297. The van der Waals surface area contributed by atoms with Crippen molar-refractivity contribution in [3.05, 3.63) is 75.3 Å². The van der Waals surface area contributed by atoms with Gasteiger partial charge in [-0.25, -0.2) is 9.97 Å². The first-order valence-corrected chi connectivity index (χ1v) is 12.0. The number of anilines is 1. The first kappa shape index (κ1) is 21.1.